The Morgan fingerprint density at radius 2 is 1.64 bits per heavy atom. The minimum absolute atomic E-state index is 0.187. The van der Waals surface area contributed by atoms with Crippen LogP contribution < -0.4 is 21.3 Å². The largest absolute Gasteiger partial charge is 0.353 e. The lowest BCUT2D eigenvalue weighted by atomic mass is 10.1. The maximum atomic E-state index is 12.0. The van der Waals surface area contributed by atoms with Crippen molar-refractivity contribution in [3.05, 3.63) is 35.0 Å². The number of nitrogens with one attached hydrogen (secondary N) is 3. The van der Waals surface area contributed by atoms with E-state index in [-0.39, 0.29) is 10.9 Å². The molecule has 108 valence electrons. The summed E-state index contributed by atoms with van der Waals surface area (Å²) >= 11 is 0. The fourth-order valence-electron chi connectivity index (χ4n) is 2.42. The number of H-pyrrole nitrogens is 1. The number of urea groups is 1. The van der Waals surface area contributed by atoms with Crippen LogP contribution in [-0.2, 0) is 9.59 Å². The lowest BCUT2D eigenvalue weighted by Crippen LogP contribution is -2.52. The third kappa shape index (κ3) is 1.94. The summed E-state index contributed by atoms with van der Waals surface area (Å²) in [6.45, 7) is 1.64. The zero-order valence-corrected chi connectivity index (χ0v) is 11.5. The predicted octanol–water partition coefficient (Wildman–Crippen LogP) is -0.621. The molecule has 0 unspecified atom stereocenters. The molecule has 1 aromatic carbocycles. The Kier molecular flexibility index (Phi) is 3.00. The summed E-state index contributed by atoms with van der Waals surface area (Å²) in [5.74, 6) is -1.55. The quantitative estimate of drug-likeness (QED) is 0.600. The van der Waals surface area contributed by atoms with Crippen LogP contribution in [0.3, 0.4) is 0 Å². The highest BCUT2D eigenvalue weighted by Crippen LogP contribution is 2.08. The maximum absolute atomic E-state index is 12.0. The van der Waals surface area contributed by atoms with Crippen LogP contribution in [0.5, 0.6) is 0 Å². The zero-order valence-electron chi connectivity index (χ0n) is 11.5. The fourth-order valence-corrected chi connectivity index (χ4v) is 2.42. The molecule has 1 aliphatic heterocycles. The van der Waals surface area contributed by atoms with E-state index in [1.54, 1.807) is 31.2 Å². The Morgan fingerprint density at radius 3 is 2.23 bits per heavy atom. The second-order valence-corrected chi connectivity index (χ2v) is 4.77. The lowest BCUT2D eigenvalue weighted by molar-refractivity contribution is -0.121. The van der Waals surface area contributed by atoms with Gasteiger partial charge in [-0.1, -0.05) is 24.3 Å². The Labute approximate surface area is 123 Å². The van der Waals surface area contributed by atoms with Gasteiger partial charge in [-0.05, 0) is 6.92 Å². The van der Waals surface area contributed by atoms with Gasteiger partial charge in [-0.25, -0.2) is 4.79 Å². The van der Waals surface area contributed by atoms with Gasteiger partial charge in [0.2, 0.25) is 0 Å². The molecule has 0 atom stereocenters. The van der Waals surface area contributed by atoms with Crippen LogP contribution in [0.2, 0.25) is 0 Å². The van der Waals surface area contributed by atoms with Gasteiger partial charge < -0.3 is 4.98 Å². The normalized spacial score (nSPS) is 16.2. The van der Waals surface area contributed by atoms with Crippen LogP contribution in [0.15, 0.2) is 24.3 Å². The molecule has 7 nitrogen and oxygen atoms in total. The SMILES string of the molecule is C/C(C#N)=c1/[nH]c(=C2C(=O)NC(=O)NC2=O)c2ccccc12. The highest BCUT2D eigenvalue weighted by Gasteiger charge is 2.29. The van der Waals surface area contributed by atoms with Crippen molar-refractivity contribution in [1.82, 2.24) is 15.6 Å². The molecular weight excluding hydrogens is 284 g/mol. The predicted molar refractivity (Wildman–Crippen MR) is 77.3 cm³/mol. The van der Waals surface area contributed by atoms with E-state index >= 15 is 0 Å². The summed E-state index contributed by atoms with van der Waals surface area (Å²) < 4.78 is 0. The first-order chi connectivity index (χ1) is 10.5. The lowest BCUT2D eigenvalue weighted by Gasteiger charge is -2.13. The first kappa shape index (κ1) is 13.6. The topological polar surface area (TPSA) is 115 Å². The number of hydrogen-bond donors (Lipinski definition) is 3. The van der Waals surface area contributed by atoms with E-state index in [0.717, 1.165) is 5.39 Å². The van der Waals surface area contributed by atoms with Crippen molar-refractivity contribution >= 4 is 39.8 Å². The third-order valence-electron chi connectivity index (χ3n) is 3.42. The number of benzene rings is 1. The Hall–Kier alpha value is -3.40. The van der Waals surface area contributed by atoms with Crippen molar-refractivity contribution in [3.63, 3.8) is 0 Å². The molecule has 0 saturated carbocycles. The molecular formula is C15H10N4O3. The van der Waals surface area contributed by atoms with Gasteiger partial charge in [0.05, 0.1) is 22.3 Å². The van der Waals surface area contributed by atoms with Gasteiger partial charge in [-0.15, -0.1) is 0 Å². The first-order valence-corrected chi connectivity index (χ1v) is 6.41. The Balaban J connectivity index is 2.51. The van der Waals surface area contributed by atoms with E-state index in [9.17, 15) is 14.4 Å². The van der Waals surface area contributed by atoms with Crippen molar-refractivity contribution < 1.29 is 14.4 Å². The molecule has 2 heterocycles. The van der Waals surface area contributed by atoms with Gasteiger partial charge in [-0.3, -0.25) is 20.2 Å². The molecule has 3 N–H and O–H groups in total. The number of hydrogen-bond acceptors (Lipinski definition) is 4. The van der Waals surface area contributed by atoms with E-state index in [2.05, 4.69) is 4.98 Å². The number of nitrogens with zero attached hydrogens (tertiary/aromatic N) is 1. The molecule has 1 aromatic heterocycles. The number of rotatable bonds is 0. The van der Waals surface area contributed by atoms with Gasteiger partial charge in [0.15, 0.2) is 0 Å². The van der Waals surface area contributed by atoms with E-state index in [4.69, 9.17) is 5.26 Å². The maximum Gasteiger partial charge on any atom is 0.328 e. The van der Waals surface area contributed by atoms with Crippen LogP contribution in [-0.4, -0.2) is 22.8 Å². The zero-order chi connectivity index (χ0) is 15.9. The third-order valence-corrected chi connectivity index (χ3v) is 3.42. The molecule has 1 saturated heterocycles. The molecule has 7 heteroatoms. The summed E-state index contributed by atoms with van der Waals surface area (Å²) in [6.07, 6.45) is 0. The molecule has 4 amide bonds. The van der Waals surface area contributed by atoms with Crippen LogP contribution in [0.4, 0.5) is 4.79 Å². The van der Waals surface area contributed by atoms with Crippen molar-refractivity contribution in [1.29, 1.82) is 5.26 Å². The van der Waals surface area contributed by atoms with Gasteiger partial charge in [0.1, 0.15) is 5.57 Å². The fraction of sp³-hybridized carbons (Fsp3) is 0.0667. The Bertz CT molecular complexity index is 986. The summed E-state index contributed by atoms with van der Waals surface area (Å²) in [6, 6.07) is 8.27. The van der Waals surface area contributed by atoms with Gasteiger partial charge in [0, 0.05) is 10.8 Å². The number of carbonyl (C=O) groups excluding carboxylic acids is 3. The highest BCUT2D eigenvalue weighted by atomic mass is 16.2. The number of amides is 4. The van der Waals surface area contributed by atoms with Crippen LogP contribution >= 0.6 is 0 Å². The number of aromatic nitrogens is 1. The summed E-state index contributed by atoms with van der Waals surface area (Å²) in [5, 5.41) is 15.3. The number of nitriles is 1. The average Bonchev–Trinajstić information content (AvgIpc) is 2.85. The van der Waals surface area contributed by atoms with Gasteiger partial charge >= 0.3 is 6.03 Å². The van der Waals surface area contributed by atoms with Crippen molar-refractivity contribution in [3.8, 4) is 6.07 Å². The first-order valence-electron chi connectivity index (χ1n) is 6.41. The van der Waals surface area contributed by atoms with E-state index in [1.807, 2.05) is 16.7 Å². The van der Waals surface area contributed by atoms with Crippen LogP contribution in [0.25, 0.3) is 21.9 Å². The monoisotopic (exact) mass is 294 g/mol. The molecule has 1 aliphatic rings. The summed E-state index contributed by atoms with van der Waals surface area (Å²) in [5.41, 5.74) is 0.239. The summed E-state index contributed by atoms with van der Waals surface area (Å²) in [7, 11) is 0. The van der Waals surface area contributed by atoms with Crippen molar-refractivity contribution in [2.45, 2.75) is 6.92 Å². The summed E-state index contributed by atoms with van der Waals surface area (Å²) in [4.78, 5) is 38.1. The smallest absolute Gasteiger partial charge is 0.328 e. The minimum Gasteiger partial charge on any atom is -0.353 e. The number of barbiturate groups is 1. The molecule has 0 aliphatic carbocycles. The number of carbonyl (C=O) groups is 3. The number of fused-ring (bicyclic) bond motifs is 1. The second-order valence-electron chi connectivity index (χ2n) is 4.77. The van der Waals surface area contributed by atoms with Crippen molar-refractivity contribution in [2.75, 3.05) is 0 Å². The van der Waals surface area contributed by atoms with E-state index in [1.165, 1.54) is 0 Å². The molecule has 3 rings (SSSR count). The van der Waals surface area contributed by atoms with Crippen LogP contribution in [0, 0.1) is 11.3 Å². The Morgan fingerprint density at radius 1 is 1.05 bits per heavy atom. The standard InChI is InChI=1S/C15H10N4O3/c1-7(6-16)11-8-4-2-3-5-9(8)12(17-11)10-13(20)18-15(22)19-14(10)21/h2-5,17H,1H3,(H2,18,19,20,21,22)/b11-7-. The van der Waals surface area contributed by atoms with Crippen molar-refractivity contribution in [2.24, 2.45) is 0 Å². The number of imide groups is 2. The molecule has 0 bridgehead atoms. The average molecular weight is 294 g/mol. The molecule has 0 spiro atoms. The molecule has 1 fully saturated rings. The molecule has 2 aromatic rings. The molecule has 22 heavy (non-hydrogen) atoms. The minimum atomic E-state index is -0.852. The highest BCUT2D eigenvalue weighted by molar-refractivity contribution is 6.46. The second kappa shape index (κ2) is 4.86. The van der Waals surface area contributed by atoms with Gasteiger partial charge in [0.25, 0.3) is 11.8 Å². The molecule has 0 radical (unpaired) electrons. The van der Waals surface area contributed by atoms with E-state index < -0.39 is 17.8 Å². The van der Waals surface area contributed by atoms with Crippen LogP contribution in [0.1, 0.15) is 6.92 Å². The van der Waals surface area contributed by atoms with Gasteiger partial charge in [-0.2, -0.15) is 5.26 Å². The van der Waals surface area contributed by atoms with E-state index in [0.29, 0.717) is 16.3 Å². The number of aromatic amines is 1.